The minimum atomic E-state index is -0.844. The Morgan fingerprint density at radius 3 is 1.84 bits per heavy atom. The number of carbonyl (C=O) groups is 2. The van der Waals surface area contributed by atoms with Gasteiger partial charge in [0.2, 0.25) is 0 Å². The summed E-state index contributed by atoms with van der Waals surface area (Å²) in [5, 5.41) is 3.75. The van der Waals surface area contributed by atoms with Crippen molar-refractivity contribution in [2.24, 2.45) is 0 Å². The molecule has 0 radical (unpaired) electrons. The van der Waals surface area contributed by atoms with Crippen LogP contribution in [0.1, 0.15) is 189 Å². The van der Waals surface area contributed by atoms with Crippen molar-refractivity contribution in [3.05, 3.63) is 0 Å². The maximum atomic E-state index is 14.5. The van der Waals surface area contributed by atoms with Crippen molar-refractivity contribution in [2.45, 2.75) is 218 Å². The molecule has 2 aliphatic heterocycles. The van der Waals surface area contributed by atoms with Crippen molar-refractivity contribution in [2.75, 3.05) is 6.54 Å². The van der Waals surface area contributed by atoms with Crippen LogP contribution in [0.3, 0.4) is 0 Å². The van der Waals surface area contributed by atoms with Gasteiger partial charge >= 0.3 is 5.97 Å². The molecule has 2 saturated heterocycles. The van der Waals surface area contributed by atoms with Gasteiger partial charge in [-0.05, 0) is 73.1 Å². The van der Waals surface area contributed by atoms with Gasteiger partial charge in [-0.1, -0.05) is 96.8 Å². The number of hydrogen-bond donors (Lipinski definition) is 1. The lowest BCUT2D eigenvalue weighted by molar-refractivity contribution is -0.177. The first-order valence-electron chi connectivity index (χ1n) is 18.4. The highest BCUT2D eigenvalue weighted by molar-refractivity contribution is 5.89. The molecule has 3 fully saturated rings. The number of nitrogens with zero attached hydrogens (tertiary/aromatic N) is 1. The maximum Gasteiger partial charge on any atom is 0.307 e. The lowest BCUT2D eigenvalue weighted by Crippen LogP contribution is -2.65. The summed E-state index contributed by atoms with van der Waals surface area (Å²) in [6, 6.07) is 0. The first-order chi connectivity index (χ1) is 20.4. The molecule has 2 heterocycles. The summed E-state index contributed by atoms with van der Waals surface area (Å²) < 4.78 is 13.1. The molecule has 0 aromatic heterocycles. The molecule has 6 heteroatoms. The number of hydrogen-bond acceptors (Lipinski definition) is 5. The summed E-state index contributed by atoms with van der Waals surface area (Å²) in [5.41, 5.74) is -1.90. The van der Waals surface area contributed by atoms with E-state index in [0.717, 1.165) is 38.5 Å². The zero-order chi connectivity index (χ0) is 31.4. The average molecular weight is 605 g/mol. The summed E-state index contributed by atoms with van der Waals surface area (Å²) in [6.07, 6.45) is 25.2. The van der Waals surface area contributed by atoms with Gasteiger partial charge in [0.25, 0.3) is 5.91 Å². The molecule has 250 valence electrons. The highest BCUT2D eigenvalue weighted by atomic mass is 16.6. The summed E-state index contributed by atoms with van der Waals surface area (Å²) >= 11 is 0. The van der Waals surface area contributed by atoms with Crippen LogP contribution in [-0.4, -0.2) is 51.8 Å². The molecule has 0 aromatic carbocycles. The smallest absolute Gasteiger partial charge is 0.307 e. The topological polar surface area (TPSA) is 67.9 Å². The van der Waals surface area contributed by atoms with Gasteiger partial charge < -0.3 is 19.7 Å². The van der Waals surface area contributed by atoms with Gasteiger partial charge in [-0.2, -0.15) is 0 Å². The Hall–Kier alpha value is -1.14. The number of amides is 1. The average Bonchev–Trinajstić information content (AvgIpc) is 3.10. The van der Waals surface area contributed by atoms with Crippen molar-refractivity contribution in [1.29, 1.82) is 0 Å². The first kappa shape index (κ1) is 36.3. The van der Waals surface area contributed by atoms with E-state index in [1.165, 1.54) is 89.9 Å². The van der Waals surface area contributed by atoms with E-state index in [-0.39, 0.29) is 35.5 Å². The van der Waals surface area contributed by atoms with Crippen LogP contribution in [0.25, 0.3) is 0 Å². The second-order valence-corrected chi connectivity index (χ2v) is 15.7. The second-order valence-electron chi connectivity index (χ2n) is 15.7. The molecule has 1 unspecified atom stereocenters. The number of carbonyl (C=O) groups excluding carboxylic acids is 2. The van der Waals surface area contributed by atoms with Gasteiger partial charge in [-0.15, -0.1) is 0 Å². The van der Waals surface area contributed by atoms with Gasteiger partial charge in [0, 0.05) is 30.5 Å². The van der Waals surface area contributed by atoms with Crippen molar-refractivity contribution < 1.29 is 19.1 Å². The Kier molecular flexibility index (Phi) is 14.3. The van der Waals surface area contributed by atoms with Crippen LogP contribution in [0.15, 0.2) is 0 Å². The predicted molar refractivity (Wildman–Crippen MR) is 177 cm³/mol. The van der Waals surface area contributed by atoms with Crippen molar-refractivity contribution in [3.8, 4) is 0 Å². The Labute approximate surface area is 265 Å². The lowest BCUT2D eigenvalue weighted by Gasteiger charge is -2.50. The Balaban J connectivity index is 1.65. The highest BCUT2D eigenvalue weighted by Gasteiger charge is 2.64. The third-order valence-electron chi connectivity index (χ3n) is 10.1. The van der Waals surface area contributed by atoms with Gasteiger partial charge in [0.1, 0.15) is 5.72 Å². The van der Waals surface area contributed by atoms with E-state index >= 15 is 0 Å². The molecule has 3 aliphatic rings. The van der Waals surface area contributed by atoms with Crippen molar-refractivity contribution >= 4 is 11.9 Å². The number of unbranched alkanes of at least 4 members (excludes halogenated alkanes) is 7. The summed E-state index contributed by atoms with van der Waals surface area (Å²) in [7, 11) is 0. The fraction of sp³-hybridized carbons (Fsp3) is 0.946. The van der Waals surface area contributed by atoms with Gasteiger partial charge in [-0.25, -0.2) is 0 Å². The molecule has 43 heavy (non-hydrogen) atoms. The minimum Gasteiger partial charge on any atom is -0.463 e. The van der Waals surface area contributed by atoms with E-state index < -0.39 is 11.3 Å². The van der Waals surface area contributed by atoms with Crippen LogP contribution in [0.4, 0.5) is 0 Å². The van der Waals surface area contributed by atoms with E-state index in [4.69, 9.17) is 9.47 Å². The molecular formula is C37H68N2O4. The van der Waals surface area contributed by atoms with Crippen LogP contribution in [0.2, 0.25) is 0 Å². The van der Waals surface area contributed by atoms with Crippen LogP contribution < -0.4 is 5.32 Å². The molecular weight excluding hydrogens is 536 g/mol. The van der Waals surface area contributed by atoms with E-state index in [2.05, 4.69) is 39.9 Å². The Bertz CT molecular complexity index is 826. The molecule has 1 atom stereocenters. The standard InChI is InChI=1S/C37H68N2O4/c1-7-8-9-10-11-15-18-21-24-31(2)42-32(40)25-28-39-33(41)36(29-34(3,4)38-35(5,6)30-36)43-37(39)26-22-19-16-13-12-14-17-20-23-27-37/h31,38H,7-30H2,1-6H3. The third kappa shape index (κ3) is 11.3. The normalized spacial score (nSPS) is 24.4. The maximum absolute atomic E-state index is 14.5. The number of nitrogens with one attached hydrogen (secondary N) is 1. The monoisotopic (exact) mass is 605 g/mol. The highest BCUT2D eigenvalue weighted by Crippen LogP contribution is 2.50. The first-order valence-corrected chi connectivity index (χ1v) is 18.4. The molecule has 1 amide bonds. The van der Waals surface area contributed by atoms with Crippen molar-refractivity contribution in [1.82, 2.24) is 10.2 Å². The molecule has 0 aromatic rings. The zero-order valence-electron chi connectivity index (χ0n) is 29.1. The van der Waals surface area contributed by atoms with Crippen LogP contribution >= 0.6 is 0 Å². The van der Waals surface area contributed by atoms with Gasteiger partial charge in [-0.3, -0.25) is 9.59 Å². The van der Waals surface area contributed by atoms with Gasteiger partial charge in [0.15, 0.2) is 5.60 Å². The third-order valence-corrected chi connectivity index (χ3v) is 10.1. The molecule has 1 saturated carbocycles. The minimum absolute atomic E-state index is 0.0780. The van der Waals surface area contributed by atoms with Crippen LogP contribution in [0.5, 0.6) is 0 Å². The van der Waals surface area contributed by atoms with Crippen molar-refractivity contribution in [3.63, 3.8) is 0 Å². The zero-order valence-corrected chi connectivity index (χ0v) is 29.1. The Morgan fingerprint density at radius 1 is 0.814 bits per heavy atom. The van der Waals surface area contributed by atoms with Crippen LogP contribution in [0, 0.1) is 0 Å². The molecule has 2 spiro atoms. The van der Waals surface area contributed by atoms with Crippen LogP contribution in [-0.2, 0) is 19.1 Å². The molecule has 1 aliphatic carbocycles. The number of esters is 1. The summed E-state index contributed by atoms with van der Waals surface area (Å²) in [6.45, 7) is 13.4. The number of rotatable bonds is 13. The molecule has 6 nitrogen and oxygen atoms in total. The van der Waals surface area contributed by atoms with E-state index in [9.17, 15) is 9.59 Å². The number of ether oxygens (including phenoxy) is 2. The second kappa shape index (κ2) is 17.0. The largest absolute Gasteiger partial charge is 0.463 e. The van der Waals surface area contributed by atoms with E-state index in [0.29, 0.717) is 19.4 Å². The summed E-state index contributed by atoms with van der Waals surface area (Å²) in [4.78, 5) is 29.7. The predicted octanol–water partition coefficient (Wildman–Crippen LogP) is 9.38. The fourth-order valence-corrected chi connectivity index (χ4v) is 8.56. The van der Waals surface area contributed by atoms with E-state index in [1.807, 2.05) is 11.8 Å². The molecule has 1 N–H and O–H groups in total. The fourth-order valence-electron chi connectivity index (χ4n) is 8.56. The number of piperidine rings is 1. The molecule has 3 rings (SSSR count). The van der Waals surface area contributed by atoms with Gasteiger partial charge in [0.05, 0.1) is 12.5 Å². The lowest BCUT2D eigenvalue weighted by atomic mass is 9.72. The SMILES string of the molecule is CCCCCCCCCCC(C)OC(=O)CCN1C(=O)C2(CC(C)(C)NC(C)(C)C2)OC12CCCCCCCCCCC2. The van der Waals surface area contributed by atoms with E-state index in [1.54, 1.807) is 0 Å². The quantitative estimate of drug-likeness (QED) is 0.168. The Morgan fingerprint density at radius 2 is 1.30 bits per heavy atom. The molecule has 0 bridgehead atoms. The summed E-state index contributed by atoms with van der Waals surface area (Å²) in [5.74, 6) is -0.0860.